The number of nitrogen functional groups attached to an aromatic ring is 1. The molecule has 0 aliphatic heterocycles. The Balaban J connectivity index is 2.45. The summed E-state index contributed by atoms with van der Waals surface area (Å²) in [5.41, 5.74) is 8.38. The molecule has 2 aromatic carbocycles. The highest BCUT2D eigenvalue weighted by Crippen LogP contribution is 2.32. The molecule has 21 heavy (non-hydrogen) atoms. The van der Waals surface area contributed by atoms with Crippen molar-refractivity contribution in [1.29, 1.82) is 5.26 Å². The van der Waals surface area contributed by atoms with E-state index in [0.717, 1.165) is 0 Å². The molecule has 0 heterocycles. The zero-order valence-corrected chi connectivity index (χ0v) is 12.8. The number of hydrogen-bond donors (Lipinski definition) is 2. The first-order valence-corrected chi connectivity index (χ1v) is 6.79. The van der Waals surface area contributed by atoms with Gasteiger partial charge in [-0.1, -0.05) is 6.07 Å². The minimum Gasteiger partial charge on any atom is -0.465 e. The molecule has 3 N–H and O–H groups in total. The van der Waals surface area contributed by atoms with E-state index in [1.807, 2.05) is 0 Å². The molecular formula is C15H12BrN3O2. The molecule has 0 saturated carbocycles. The monoisotopic (exact) mass is 345 g/mol. The fraction of sp³-hybridized carbons (Fsp3) is 0.0667. The SMILES string of the molecule is COC(=O)c1cccc(N)c1Nc1ccc(C#N)cc1Br. The van der Waals surface area contributed by atoms with Crippen molar-refractivity contribution < 1.29 is 9.53 Å². The van der Waals surface area contributed by atoms with Gasteiger partial charge in [-0.05, 0) is 46.3 Å². The average Bonchev–Trinajstić information content (AvgIpc) is 2.50. The van der Waals surface area contributed by atoms with Crippen molar-refractivity contribution >= 4 is 39.0 Å². The Morgan fingerprint density at radius 3 is 2.76 bits per heavy atom. The van der Waals surface area contributed by atoms with Crippen LogP contribution in [0, 0.1) is 11.3 Å². The highest BCUT2D eigenvalue weighted by molar-refractivity contribution is 9.10. The number of benzene rings is 2. The zero-order chi connectivity index (χ0) is 15.4. The molecule has 0 aliphatic rings. The van der Waals surface area contributed by atoms with Crippen molar-refractivity contribution in [2.24, 2.45) is 0 Å². The van der Waals surface area contributed by atoms with Gasteiger partial charge in [0.05, 0.1) is 41.4 Å². The van der Waals surface area contributed by atoms with Crippen LogP contribution in [-0.2, 0) is 4.74 Å². The maximum Gasteiger partial charge on any atom is 0.340 e. The number of nitriles is 1. The van der Waals surface area contributed by atoms with E-state index in [1.165, 1.54) is 7.11 Å². The molecule has 0 saturated heterocycles. The van der Waals surface area contributed by atoms with Crippen LogP contribution in [0.25, 0.3) is 0 Å². The topological polar surface area (TPSA) is 88.1 Å². The van der Waals surface area contributed by atoms with Crippen LogP contribution < -0.4 is 11.1 Å². The second-order valence-corrected chi connectivity index (χ2v) is 5.05. The van der Waals surface area contributed by atoms with E-state index in [0.29, 0.717) is 32.7 Å². The van der Waals surface area contributed by atoms with Crippen molar-refractivity contribution in [3.05, 3.63) is 52.0 Å². The maximum atomic E-state index is 11.8. The van der Waals surface area contributed by atoms with Gasteiger partial charge in [-0.2, -0.15) is 5.26 Å². The van der Waals surface area contributed by atoms with Gasteiger partial charge in [-0.25, -0.2) is 4.79 Å². The first-order valence-electron chi connectivity index (χ1n) is 6.00. The summed E-state index contributed by atoms with van der Waals surface area (Å²) in [6.07, 6.45) is 0. The lowest BCUT2D eigenvalue weighted by molar-refractivity contribution is 0.0602. The van der Waals surface area contributed by atoms with Crippen LogP contribution in [0.1, 0.15) is 15.9 Å². The Morgan fingerprint density at radius 2 is 2.14 bits per heavy atom. The van der Waals surface area contributed by atoms with E-state index in [1.54, 1.807) is 36.4 Å². The van der Waals surface area contributed by atoms with Gasteiger partial charge in [-0.3, -0.25) is 0 Å². The summed E-state index contributed by atoms with van der Waals surface area (Å²) >= 11 is 3.38. The number of esters is 1. The first-order chi connectivity index (χ1) is 10.1. The van der Waals surface area contributed by atoms with Crippen molar-refractivity contribution in [2.75, 3.05) is 18.2 Å². The summed E-state index contributed by atoms with van der Waals surface area (Å²) in [7, 11) is 1.31. The minimum atomic E-state index is -0.477. The number of rotatable bonds is 3. The van der Waals surface area contributed by atoms with Gasteiger partial charge in [0, 0.05) is 4.47 Å². The van der Waals surface area contributed by atoms with Crippen LogP contribution in [-0.4, -0.2) is 13.1 Å². The molecule has 5 nitrogen and oxygen atoms in total. The molecule has 0 spiro atoms. The number of halogens is 1. The van der Waals surface area contributed by atoms with Crippen molar-refractivity contribution in [3.8, 4) is 6.07 Å². The van der Waals surface area contributed by atoms with E-state index >= 15 is 0 Å². The number of para-hydroxylation sites is 1. The lowest BCUT2D eigenvalue weighted by atomic mass is 10.1. The number of carbonyl (C=O) groups excluding carboxylic acids is 1. The molecule has 0 aromatic heterocycles. The number of nitrogens with one attached hydrogen (secondary N) is 1. The van der Waals surface area contributed by atoms with Gasteiger partial charge in [-0.15, -0.1) is 0 Å². The third-order valence-corrected chi connectivity index (χ3v) is 3.52. The Labute approximate surface area is 130 Å². The highest BCUT2D eigenvalue weighted by atomic mass is 79.9. The van der Waals surface area contributed by atoms with Crippen LogP contribution in [0.5, 0.6) is 0 Å². The van der Waals surface area contributed by atoms with E-state index in [4.69, 9.17) is 15.7 Å². The molecule has 2 aromatic rings. The number of carbonyl (C=O) groups is 1. The predicted octanol–water partition coefficient (Wildman–Crippen LogP) is 3.43. The molecule has 0 fully saturated rings. The predicted molar refractivity (Wildman–Crippen MR) is 84.3 cm³/mol. The summed E-state index contributed by atoms with van der Waals surface area (Å²) < 4.78 is 5.44. The summed E-state index contributed by atoms with van der Waals surface area (Å²) in [4.78, 5) is 11.8. The van der Waals surface area contributed by atoms with Crippen LogP contribution >= 0.6 is 15.9 Å². The maximum absolute atomic E-state index is 11.8. The average molecular weight is 346 g/mol. The van der Waals surface area contributed by atoms with E-state index in [2.05, 4.69) is 27.3 Å². The summed E-state index contributed by atoms with van der Waals surface area (Å²) in [5, 5.41) is 12.0. The molecule has 106 valence electrons. The number of anilines is 3. The number of methoxy groups -OCH3 is 1. The lowest BCUT2D eigenvalue weighted by Gasteiger charge is -2.14. The third kappa shape index (κ3) is 3.15. The fourth-order valence-corrected chi connectivity index (χ4v) is 2.29. The van der Waals surface area contributed by atoms with Gasteiger partial charge in [0.15, 0.2) is 0 Å². The molecule has 0 aliphatic carbocycles. The molecule has 6 heteroatoms. The van der Waals surface area contributed by atoms with Gasteiger partial charge >= 0.3 is 5.97 Å². The number of ether oxygens (including phenoxy) is 1. The quantitative estimate of drug-likeness (QED) is 0.657. The van der Waals surface area contributed by atoms with Gasteiger partial charge in [0.25, 0.3) is 0 Å². The Bertz CT molecular complexity index is 738. The largest absolute Gasteiger partial charge is 0.465 e. The van der Waals surface area contributed by atoms with Crippen LogP contribution in [0.3, 0.4) is 0 Å². The summed E-state index contributed by atoms with van der Waals surface area (Å²) in [6.45, 7) is 0. The first kappa shape index (κ1) is 14.9. The molecule has 0 radical (unpaired) electrons. The van der Waals surface area contributed by atoms with Crippen LogP contribution in [0.2, 0.25) is 0 Å². The second kappa shape index (κ2) is 6.29. The summed E-state index contributed by atoms with van der Waals surface area (Å²) in [6, 6.07) is 12.1. The van der Waals surface area contributed by atoms with Gasteiger partial charge in [0.2, 0.25) is 0 Å². The van der Waals surface area contributed by atoms with E-state index in [-0.39, 0.29) is 0 Å². The van der Waals surface area contributed by atoms with Gasteiger partial charge in [0.1, 0.15) is 0 Å². The number of nitrogens with zero attached hydrogens (tertiary/aromatic N) is 1. The van der Waals surface area contributed by atoms with E-state index < -0.39 is 5.97 Å². The zero-order valence-electron chi connectivity index (χ0n) is 11.2. The van der Waals surface area contributed by atoms with E-state index in [9.17, 15) is 4.79 Å². The molecule has 0 amide bonds. The molecule has 2 rings (SSSR count). The van der Waals surface area contributed by atoms with Crippen molar-refractivity contribution in [2.45, 2.75) is 0 Å². The van der Waals surface area contributed by atoms with Crippen LogP contribution in [0.4, 0.5) is 17.1 Å². The number of nitrogens with two attached hydrogens (primary N) is 1. The third-order valence-electron chi connectivity index (χ3n) is 2.86. The molecule has 0 bridgehead atoms. The standard InChI is InChI=1S/C15H12BrN3O2/c1-21-15(20)10-3-2-4-12(18)14(10)19-13-6-5-9(8-17)7-11(13)16/h2-7,19H,18H2,1H3. The Hall–Kier alpha value is -2.52. The second-order valence-electron chi connectivity index (χ2n) is 4.19. The molecule has 0 atom stereocenters. The minimum absolute atomic E-state index is 0.341. The van der Waals surface area contributed by atoms with Crippen molar-refractivity contribution in [1.82, 2.24) is 0 Å². The Kier molecular flexibility index (Phi) is 4.45. The molecular weight excluding hydrogens is 334 g/mol. The number of hydrogen-bond acceptors (Lipinski definition) is 5. The van der Waals surface area contributed by atoms with Gasteiger partial charge < -0.3 is 15.8 Å². The lowest BCUT2D eigenvalue weighted by Crippen LogP contribution is -2.08. The van der Waals surface area contributed by atoms with Crippen LogP contribution in [0.15, 0.2) is 40.9 Å². The molecule has 0 unspecified atom stereocenters. The fourth-order valence-electron chi connectivity index (χ4n) is 1.81. The normalized spacial score (nSPS) is 9.76. The Morgan fingerprint density at radius 1 is 1.38 bits per heavy atom. The van der Waals surface area contributed by atoms with Crippen molar-refractivity contribution in [3.63, 3.8) is 0 Å². The summed E-state index contributed by atoms with van der Waals surface area (Å²) in [5.74, 6) is -0.477. The highest BCUT2D eigenvalue weighted by Gasteiger charge is 2.15. The smallest absolute Gasteiger partial charge is 0.340 e.